The number of aliphatic hydroxyl groups is 1. The molecular formula is C12H28N4O2. The second-order valence-corrected chi connectivity index (χ2v) is 4.06. The molecule has 0 unspecified atom stereocenters. The van der Waals surface area contributed by atoms with E-state index in [0.29, 0.717) is 6.54 Å². The monoisotopic (exact) mass is 260 g/mol. The molecule has 0 spiro atoms. The summed E-state index contributed by atoms with van der Waals surface area (Å²) in [4.78, 5) is 6.66. The summed E-state index contributed by atoms with van der Waals surface area (Å²) in [5, 5.41) is 14.9. The summed E-state index contributed by atoms with van der Waals surface area (Å²) >= 11 is 0. The summed E-state index contributed by atoms with van der Waals surface area (Å²) in [5.41, 5.74) is 0. The van der Waals surface area contributed by atoms with Crippen molar-refractivity contribution in [3.63, 3.8) is 0 Å². The molecule has 108 valence electrons. The summed E-state index contributed by atoms with van der Waals surface area (Å²) in [7, 11) is 3.80. The minimum Gasteiger partial charge on any atom is -0.395 e. The van der Waals surface area contributed by atoms with Crippen molar-refractivity contribution in [2.24, 2.45) is 4.99 Å². The molecule has 0 aliphatic carbocycles. The number of rotatable bonds is 10. The molecule has 0 fully saturated rings. The first-order chi connectivity index (χ1) is 8.74. The molecule has 3 N–H and O–H groups in total. The maximum absolute atomic E-state index is 8.75. The molecule has 0 aromatic rings. The predicted molar refractivity (Wildman–Crippen MR) is 75.1 cm³/mol. The first-order valence-electron chi connectivity index (χ1n) is 6.55. The van der Waals surface area contributed by atoms with Gasteiger partial charge in [0.2, 0.25) is 0 Å². The van der Waals surface area contributed by atoms with Crippen LogP contribution in [-0.2, 0) is 4.74 Å². The van der Waals surface area contributed by atoms with Gasteiger partial charge in [-0.1, -0.05) is 0 Å². The lowest BCUT2D eigenvalue weighted by atomic mass is 10.4. The van der Waals surface area contributed by atoms with Gasteiger partial charge in [-0.15, -0.1) is 0 Å². The number of methoxy groups -OCH3 is 1. The molecule has 0 atom stereocenters. The van der Waals surface area contributed by atoms with Gasteiger partial charge in [-0.2, -0.15) is 0 Å². The minimum absolute atomic E-state index is 0.112. The lowest BCUT2D eigenvalue weighted by Gasteiger charge is -2.15. The molecule has 0 aromatic heterocycles. The molecule has 0 aromatic carbocycles. The maximum atomic E-state index is 8.75. The van der Waals surface area contributed by atoms with Crippen LogP contribution >= 0.6 is 0 Å². The van der Waals surface area contributed by atoms with Gasteiger partial charge >= 0.3 is 0 Å². The Bertz CT molecular complexity index is 212. The molecule has 6 nitrogen and oxygen atoms in total. The summed E-state index contributed by atoms with van der Waals surface area (Å²) in [6.45, 7) is 6.95. The van der Waals surface area contributed by atoms with Crippen molar-refractivity contribution in [3.8, 4) is 0 Å². The van der Waals surface area contributed by atoms with E-state index in [-0.39, 0.29) is 6.61 Å². The Hall–Kier alpha value is -0.850. The van der Waals surface area contributed by atoms with Crippen LogP contribution in [0.3, 0.4) is 0 Å². The van der Waals surface area contributed by atoms with Gasteiger partial charge in [0, 0.05) is 39.9 Å². The Balaban J connectivity index is 3.78. The van der Waals surface area contributed by atoms with Gasteiger partial charge in [0.05, 0.1) is 13.2 Å². The molecule has 6 heteroatoms. The molecule has 0 heterocycles. The van der Waals surface area contributed by atoms with Crippen molar-refractivity contribution < 1.29 is 9.84 Å². The Morgan fingerprint density at radius 2 is 2.11 bits per heavy atom. The van der Waals surface area contributed by atoms with Crippen LogP contribution in [-0.4, -0.2) is 76.1 Å². The highest BCUT2D eigenvalue weighted by molar-refractivity contribution is 5.79. The highest BCUT2D eigenvalue weighted by atomic mass is 16.5. The summed E-state index contributed by atoms with van der Waals surface area (Å²) in [6.07, 6.45) is 1.04. The Labute approximate surface area is 110 Å². The second-order valence-electron chi connectivity index (χ2n) is 4.06. The Kier molecular flexibility index (Phi) is 12.0. The number of aliphatic hydroxyl groups excluding tert-OH is 1. The standard InChI is InChI=1S/C12H28N4O2/c1-4-13-12(15-7-10-17)14-6-9-16(2)8-5-11-18-3/h17H,4-11H2,1-3H3,(H2,13,14,15). The van der Waals surface area contributed by atoms with Crippen LogP contribution in [0.5, 0.6) is 0 Å². The van der Waals surface area contributed by atoms with Crippen molar-refractivity contribution >= 4 is 5.96 Å². The fraction of sp³-hybridized carbons (Fsp3) is 0.917. The van der Waals surface area contributed by atoms with E-state index in [1.807, 2.05) is 6.92 Å². The van der Waals surface area contributed by atoms with Crippen LogP contribution in [0, 0.1) is 0 Å². The Morgan fingerprint density at radius 1 is 1.33 bits per heavy atom. The van der Waals surface area contributed by atoms with E-state index in [9.17, 15) is 0 Å². The molecule has 0 saturated heterocycles. The van der Waals surface area contributed by atoms with Gasteiger partial charge in [-0.05, 0) is 20.4 Å². The summed E-state index contributed by atoms with van der Waals surface area (Å²) < 4.78 is 5.01. The number of nitrogens with zero attached hydrogens (tertiary/aromatic N) is 2. The topological polar surface area (TPSA) is 69.1 Å². The lowest BCUT2D eigenvalue weighted by Crippen LogP contribution is -2.39. The van der Waals surface area contributed by atoms with E-state index < -0.39 is 0 Å². The first kappa shape index (κ1) is 17.2. The highest BCUT2D eigenvalue weighted by Gasteiger charge is 1.99. The number of ether oxygens (including phenoxy) is 1. The van der Waals surface area contributed by atoms with Crippen molar-refractivity contribution in [3.05, 3.63) is 0 Å². The van der Waals surface area contributed by atoms with Crippen LogP contribution in [0.15, 0.2) is 4.99 Å². The molecule has 18 heavy (non-hydrogen) atoms. The van der Waals surface area contributed by atoms with E-state index in [0.717, 1.165) is 45.2 Å². The maximum Gasteiger partial charge on any atom is 0.191 e. The third kappa shape index (κ3) is 10.3. The van der Waals surface area contributed by atoms with E-state index in [1.165, 1.54) is 0 Å². The third-order valence-electron chi connectivity index (χ3n) is 2.39. The van der Waals surface area contributed by atoms with Gasteiger partial charge in [-0.3, -0.25) is 4.99 Å². The molecule has 0 rings (SSSR count). The van der Waals surface area contributed by atoms with Gasteiger partial charge in [0.25, 0.3) is 0 Å². The fourth-order valence-corrected chi connectivity index (χ4v) is 1.44. The van der Waals surface area contributed by atoms with Crippen LogP contribution in [0.1, 0.15) is 13.3 Å². The molecule has 0 amide bonds. The van der Waals surface area contributed by atoms with Crippen LogP contribution in [0.2, 0.25) is 0 Å². The lowest BCUT2D eigenvalue weighted by molar-refractivity contribution is 0.180. The predicted octanol–water partition coefficient (Wildman–Crippen LogP) is -0.498. The van der Waals surface area contributed by atoms with Gasteiger partial charge in [0.1, 0.15) is 0 Å². The van der Waals surface area contributed by atoms with Gasteiger partial charge < -0.3 is 25.4 Å². The summed E-state index contributed by atoms with van der Waals surface area (Å²) in [6, 6.07) is 0. The number of guanidine groups is 1. The molecule has 0 aliphatic heterocycles. The van der Waals surface area contributed by atoms with Crippen LogP contribution in [0.4, 0.5) is 0 Å². The number of hydrogen-bond donors (Lipinski definition) is 3. The Morgan fingerprint density at radius 3 is 2.72 bits per heavy atom. The smallest absolute Gasteiger partial charge is 0.191 e. The largest absolute Gasteiger partial charge is 0.395 e. The van der Waals surface area contributed by atoms with Crippen molar-refractivity contribution in [2.45, 2.75) is 13.3 Å². The van der Waals surface area contributed by atoms with Gasteiger partial charge in [-0.25, -0.2) is 0 Å². The second kappa shape index (κ2) is 12.6. The van der Waals surface area contributed by atoms with Crippen molar-refractivity contribution in [1.82, 2.24) is 15.5 Å². The van der Waals surface area contributed by atoms with Crippen molar-refractivity contribution in [2.75, 3.05) is 60.1 Å². The number of nitrogens with one attached hydrogen (secondary N) is 2. The zero-order valence-corrected chi connectivity index (χ0v) is 11.9. The van der Waals surface area contributed by atoms with Gasteiger partial charge in [0.15, 0.2) is 5.96 Å². The number of aliphatic imine (C=N–C) groups is 1. The average molecular weight is 260 g/mol. The third-order valence-corrected chi connectivity index (χ3v) is 2.39. The molecular weight excluding hydrogens is 232 g/mol. The highest BCUT2D eigenvalue weighted by Crippen LogP contribution is 1.88. The quantitative estimate of drug-likeness (QED) is 0.281. The molecule has 0 aliphatic rings. The minimum atomic E-state index is 0.112. The fourth-order valence-electron chi connectivity index (χ4n) is 1.44. The van der Waals surface area contributed by atoms with E-state index in [2.05, 4.69) is 27.6 Å². The zero-order chi connectivity index (χ0) is 13.6. The SMILES string of the molecule is CCNC(=NCCN(C)CCCOC)NCCO. The number of likely N-dealkylation sites (N-methyl/N-ethyl adjacent to an activating group) is 1. The van der Waals surface area contributed by atoms with Crippen LogP contribution in [0.25, 0.3) is 0 Å². The molecule has 0 radical (unpaired) electrons. The number of hydrogen-bond acceptors (Lipinski definition) is 4. The van der Waals surface area contributed by atoms with E-state index >= 15 is 0 Å². The normalized spacial score (nSPS) is 11.9. The first-order valence-corrected chi connectivity index (χ1v) is 6.55. The van der Waals surface area contributed by atoms with Crippen molar-refractivity contribution in [1.29, 1.82) is 0 Å². The molecule has 0 bridgehead atoms. The van der Waals surface area contributed by atoms with E-state index in [1.54, 1.807) is 7.11 Å². The van der Waals surface area contributed by atoms with Crippen LogP contribution < -0.4 is 10.6 Å². The molecule has 0 saturated carbocycles. The summed E-state index contributed by atoms with van der Waals surface area (Å²) in [5.74, 6) is 0.761. The average Bonchev–Trinajstić information content (AvgIpc) is 2.36. The zero-order valence-electron chi connectivity index (χ0n) is 11.9. The van der Waals surface area contributed by atoms with E-state index in [4.69, 9.17) is 9.84 Å².